The lowest BCUT2D eigenvalue weighted by atomic mass is 10.2. The van der Waals surface area contributed by atoms with Gasteiger partial charge in [-0.25, -0.2) is 0 Å². The molecule has 90 valence electrons. The van der Waals surface area contributed by atoms with E-state index >= 15 is 0 Å². The Morgan fingerprint density at radius 2 is 2.12 bits per heavy atom. The summed E-state index contributed by atoms with van der Waals surface area (Å²) in [5, 5.41) is 4.23. The molecule has 0 atom stereocenters. The van der Waals surface area contributed by atoms with Gasteiger partial charge < -0.3 is 5.73 Å². The van der Waals surface area contributed by atoms with Crippen molar-refractivity contribution in [3.8, 4) is 0 Å². The van der Waals surface area contributed by atoms with E-state index in [0.717, 1.165) is 32.2 Å². The van der Waals surface area contributed by atoms with E-state index in [4.69, 9.17) is 5.73 Å². The zero-order valence-corrected chi connectivity index (χ0v) is 9.89. The van der Waals surface area contributed by atoms with Crippen LogP contribution in [0.1, 0.15) is 25.7 Å². The lowest BCUT2D eigenvalue weighted by Crippen LogP contribution is -2.39. The monoisotopic (exact) mass is 222 g/mol. The molecule has 1 heterocycles. The number of hydrogen-bond donors (Lipinski definition) is 1. The number of rotatable bonds is 6. The predicted molar refractivity (Wildman–Crippen MR) is 65.1 cm³/mol. The fourth-order valence-corrected chi connectivity index (χ4v) is 2.58. The van der Waals surface area contributed by atoms with E-state index in [0.29, 0.717) is 0 Å². The Labute approximate surface area is 97.4 Å². The van der Waals surface area contributed by atoms with E-state index in [1.165, 1.54) is 25.7 Å². The summed E-state index contributed by atoms with van der Waals surface area (Å²) in [4.78, 5) is 2.54. The Morgan fingerprint density at radius 1 is 1.31 bits per heavy atom. The lowest BCUT2D eigenvalue weighted by molar-refractivity contribution is 0.194. The molecule has 4 heteroatoms. The zero-order chi connectivity index (χ0) is 11.2. The third-order valence-electron chi connectivity index (χ3n) is 3.43. The minimum Gasteiger partial charge on any atom is -0.329 e. The van der Waals surface area contributed by atoms with Crippen LogP contribution in [-0.4, -0.2) is 40.4 Å². The maximum absolute atomic E-state index is 5.68. The molecule has 1 saturated carbocycles. The van der Waals surface area contributed by atoms with Gasteiger partial charge in [0.1, 0.15) is 0 Å². The molecule has 0 aliphatic heterocycles. The summed E-state index contributed by atoms with van der Waals surface area (Å²) in [6.45, 7) is 3.83. The van der Waals surface area contributed by atoms with E-state index in [1.807, 2.05) is 23.1 Å². The van der Waals surface area contributed by atoms with Crippen molar-refractivity contribution in [1.82, 2.24) is 14.7 Å². The van der Waals surface area contributed by atoms with Crippen LogP contribution in [0, 0.1) is 0 Å². The van der Waals surface area contributed by atoms with E-state index in [1.54, 1.807) is 0 Å². The molecule has 1 fully saturated rings. The molecule has 1 aliphatic carbocycles. The predicted octanol–water partition coefficient (Wildman–Crippen LogP) is 1.09. The molecule has 0 amide bonds. The minimum absolute atomic E-state index is 0.760. The van der Waals surface area contributed by atoms with Gasteiger partial charge in [0.15, 0.2) is 0 Å². The summed E-state index contributed by atoms with van der Waals surface area (Å²) in [5.74, 6) is 0. The molecule has 16 heavy (non-hydrogen) atoms. The first kappa shape index (κ1) is 11.6. The van der Waals surface area contributed by atoms with Gasteiger partial charge in [-0.05, 0) is 18.9 Å². The van der Waals surface area contributed by atoms with E-state index in [9.17, 15) is 0 Å². The SMILES string of the molecule is NCCN(CCn1cccn1)C1CCCC1. The van der Waals surface area contributed by atoms with Crippen molar-refractivity contribution in [3.05, 3.63) is 18.5 Å². The van der Waals surface area contributed by atoms with Crippen molar-refractivity contribution in [3.63, 3.8) is 0 Å². The fraction of sp³-hybridized carbons (Fsp3) is 0.750. The first-order valence-corrected chi connectivity index (χ1v) is 6.31. The van der Waals surface area contributed by atoms with Gasteiger partial charge >= 0.3 is 0 Å². The molecule has 1 aromatic heterocycles. The molecule has 0 saturated heterocycles. The van der Waals surface area contributed by atoms with Crippen LogP contribution < -0.4 is 5.73 Å². The highest BCUT2D eigenvalue weighted by Gasteiger charge is 2.21. The van der Waals surface area contributed by atoms with Crippen LogP contribution in [0.25, 0.3) is 0 Å². The molecule has 0 aromatic carbocycles. The van der Waals surface area contributed by atoms with Gasteiger partial charge in [-0.1, -0.05) is 12.8 Å². The Morgan fingerprint density at radius 3 is 2.75 bits per heavy atom. The number of hydrogen-bond acceptors (Lipinski definition) is 3. The summed E-state index contributed by atoms with van der Waals surface area (Å²) in [5.41, 5.74) is 5.68. The molecule has 0 radical (unpaired) electrons. The summed E-state index contributed by atoms with van der Waals surface area (Å²) >= 11 is 0. The molecule has 2 rings (SSSR count). The van der Waals surface area contributed by atoms with Gasteiger partial charge in [0.2, 0.25) is 0 Å². The molecular formula is C12H22N4. The first-order valence-electron chi connectivity index (χ1n) is 6.31. The lowest BCUT2D eigenvalue weighted by Gasteiger charge is -2.28. The maximum Gasteiger partial charge on any atom is 0.0536 e. The Hall–Kier alpha value is -0.870. The van der Waals surface area contributed by atoms with Crippen molar-refractivity contribution in [1.29, 1.82) is 0 Å². The highest BCUT2D eigenvalue weighted by molar-refractivity contribution is 4.80. The molecule has 0 unspecified atom stereocenters. The second-order valence-corrected chi connectivity index (χ2v) is 4.53. The second kappa shape index (κ2) is 6.01. The number of nitrogens with two attached hydrogens (primary N) is 1. The summed E-state index contributed by atoms with van der Waals surface area (Å²) in [6, 6.07) is 2.74. The van der Waals surface area contributed by atoms with E-state index < -0.39 is 0 Å². The van der Waals surface area contributed by atoms with Crippen LogP contribution in [0.15, 0.2) is 18.5 Å². The van der Waals surface area contributed by atoms with Crippen LogP contribution in [0.5, 0.6) is 0 Å². The van der Waals surface area contributed by atoms with Crippen LogP contribution >= 0.6 is 0 Å². The smallest absolute Gasteiger partial charge is 0.0536 e. The largest absolute Gasteiger partial charge is 0.329 e. The normalized spacial score (nSPS) is 17.4. The number of nitrogens with zero attached hydrogens (tertiary/aromatic N) is 3. The average molecular weight is 222 g/mol. The van der Waals surface area contributed by atoms with Crippen LogP contribution in [0.3, 0.4) is 0 Å². The standard InChI is InChI=1S/C12H22N4/c13-6-9-15(12-4-1-2-5-12)10-11-16-8-3-7-14-16/h3,7-8,12H,1-2,4-6,9-11,13H2. The fourth-order valence-electron chi connectivity index (χ4n) is 2.58. The first-order chi connectivity index (χ1) is 7.90. The Balaban J connectivity index is 1.82. The third-order valence-corrected chi connectivity index (χ3v) is 3.43. The van der Waals surface area contributed by atoms with Gasteiger partial charge in [0, 0.05) is 38.1 Å². The third kappa shape index (κ3) is 3.06. The van der Waals surface area contributed by atoms with Crippen molar-refractivity contribution in [2.24, 2.45) is 5.73 Å². The average Bonchev–Trinajstić information content (AvgIpc) is 2.96. The van der Waals surface area contributed by atoms with Gasteiger partial charge in [0.05, 0.1) is 6.54 Å². The van der Waals surface area contributed by atoms with Crippen molar-refractivity contribution < 1.29 is 0 Å². The van der Waals surface area contributed by atoms with Crippen LogP contribution in [0.4, 0.5) is 0 Å². The zero-order valence-electron chi connectivity index (χ0n) is 9.89. The maximum atomic E-state index is 5.68. The highest BCUT2D eigenvalue weighted by atomic mass is 15.3. The van der Waals surface area contributed by atoms with Gasteiger partial charge in [-0.3, -0.25) is 9.58 Å². The summed E-state index contributed by atoms with van der Waals surface area (Å²) < 4.78 is 2.00. The topological polar surface area (TPSA) is 47.1 Å². The molecule has 0 spiro atoms. The highest BCUT2D eigenvalue weighted by Crippen LogP contribution is 2.22. The summed E-state index contributed by atoms with van der Waals surface area (Å²) in [6.07, 6.45) is 9.32. The Kier molecular flexibility index (Phi) is 4.36. The summed E-state index contributed by atoms with van der Waals surface area (Å²) in [7, 11) is 0. The van der Waals surface area contributed by atoms with Crippen LogP contribution in [-0.2, 0) is 6.54 Å². The van der Waals surface area contributed by atoms with Crippen molar-refractivity contribution >= 4 is 0 Å². The van der Waals surface area contributed by atoms with Crippen molar-refractivity contribution in [2.75, 3.05) is 19.6 Å². The molecular weight excluding hydrogens is 200 g/mol. The second-order valence-electron chi connectivity index (χ2n) is 4.53. The molecule has 0 bridgehead atoms. The quantitative estimate of drug-likeness (QED) is 0.783. The minimum atomic E-state index is 0.760. The van der Waals surface area contributed by atoms with E-state index in [2.05, 4.69) is 10.00 Å². The number of aromatic nitrogens is 2. The molecule has 1 aromatic rings. The molecule has 1 aliphatic rings. The Bertz CT molecular complexity index is 277. The van der Waals surface area contributed by atoms with Gasteiger partial charge in [-0.15, -0.1) is 0 Å². The van der Waals surface area contributed by atoms with Crippen LogP contribution in [0.2, 0.25) is 0 Å². The molecule has 4 nitrogen and oxygen atoms in total. The van der Waals surface area contributed by atoms with Gasteiger partial charge in [-0.2, -0.15) is 5.10 Å². The van der Waals surface area contributed by atoms with E-state index in [-0.39, 0.29) is 0 Å². The van der Waals surface area contributed by atoms with Crippen molar-refractivity contribution in [2.45, 2.75) is 38.3 Å². The molecule has 2 N–H and O–H groups in total. The van der Waals surface area contributed by atoms with Gasteiger partial charge in [0.25, 0.3) is 0 Å².